The molecule has 3 rings (SSSR count). The molecule has 2 aliphatic rings. The Hall–Kier alpha value is -1.51. The Morgan fingerprint density at radius 2 is 1.84 bits per heavy atom. The molecule has 6 nitrogen and oxygen atoms in total. The van der Waals surface area contributed by atoms with E-state index in [0.29, 0.717) is 18.5 Å². The van der Waals surface area contributed by atoms with E-state index in [1.54, 1.807) is 7.05 Å². The van der Waals surface area contributed by atoms with Gasteiger partial charge in [0.1, 0.15) is 0 Å². The van der Waals surface area contributed by atoms with E-state index in [-0.39, 0.29) is 29.9 Å². The number of hydrogen-bond donors (Lipinski definition) is 2. The number of carbonyl (C=O) groups excluding carboxylic acids is 1. The summed E-state index contributed by atoms with van der Waals surface area (Å²) in [6.07, 6.45) is 1.18. The molecular formula is C18H28IN5O. The Labute approximate surface area is 167 Å². The largest absolute Gasteiger partial charge is 0.368 e. The molecule has 0 spiro atoms. The lowest BCUT2D eigenvalue weighted by Crippen LogP contribution is -2.52. The van der Waals surface area contributed by atoms with Crippen LogP contribution in [0.4, 0.5) is 5.69 Å². The number of nitrogens with one attached hydrogen (secondary N) is 2. The first kappa shape index (κ1) is 19.8. The lowest BCUT2D eigenvalue weighted by Gasteiger charge is -2.36. The van der Waals surface area contributed by atoms with Gasteiger partial charge in [-0.05, 0) is 24.5 Å². The van der Waals surface area contributed by atoms with Gasteiger partial charge in [0.15, 0.2) is 5.96 Å². The van der Waals surface area contributed by atoms with Crippen molar-refractivity contribution in [3.8, 4) is 0 Å². The summed E-state index contributed by atoms with van der Waals surface area (Å²) in [4.78, 5) is 20.8. The third-order valence-corrected chi connectivity index (χ3v) is 4.82. The molecule has 2 unspecified atom stereocenters. The average molecular weight is 457 g/mol. The normalized spacial score (nSPS) is 22.9. The van der Waals surface area contributed by atoms with Crippen LogP contribution in [0.5, 0.6) is 0 Å². The third-order valence-electron chi connectivity index (χ3n) is 4.82. The lowest BCUT2D eigenvalue weighted by molar-refractivity contribution is -0.130. The highest BCUT2D eigenvalue weighted by Crippen LogP contribution is 2.28. The summed E-state index contributed by atoms with van der Waals surface area (Å²) in [7, 11) is 1.74. The predicted octanol–water partition coefficient (Wildman–Crippen LogP) is 1.53. The van der Waals surface area contributed by atoms with Crippen molar-refractivity contribution in [2.75, 3.05) is 44.7 Å². The molecule has 1 aromatic carbocycles. The van der Waals surface area contributed by atoms with E-state index in [2.05, 4.69) is 51.7 Å². The summed E-state index contributed by atoms with van der Waals surface area (Å²) < 4.78 is 0. The van der Waals surface area contributed by atoms with Crippen LogP contribution < -0.4 is 15.5 Å². The van der Waals surface area contributed by atoms with Crippen molar-refractivity contribution in [2.24, 2.45) is 10.9 Å². The second kappa shape index (κ2) is 9.26. The molecule has 2 fully saturated rings. The summed E-state index contributed by atoms with van der Waals surface area (Å²) in [6.45, 7) is 5.79. The number of guanidine groups is 1. The van der Waals surface area contributed by atoms with Crippen LogP contribution in [0.1, 0.15) is 13.3 Å². The van der Waals surface area contributed by atoms with Crippen molar-refractivity contribution in [1.29, 1.82) is 0 Å². The van der Waals surface area contributed by atoms with Gasteiger partial charge in [-0.3, -0.25) is 9.79 Å². The monoisotopic (exact) mass is 457 g/mol. The summed E-state index contributed by atoms with van der Waals surface area (Å²) >= 11 is 0. The van der Waals surface area contributed by atoms with Crippen molar-refractivity contribution in [2.45, 2.75) is 19.4 Å². The zero-order valence-corrected chi connectivity index (χ0v) is 17.3. The third kappa shape index (κ3) is 5.49. The number of halogens is 1. The van der Waals surface area contributed by atoms with Gasteiger partial charge in [0.05, 0.1) is 6.54 Å². The average Bonchev–Trinajstić information content (AvgIpc) is 3.34. The smallest absolute Gasteiger partial charge is 0.242 e. The molecule has 0 radical (unpaired) electrons. The first-order valence-corrected chi connectivity index (χ1v) is 8.72. The van der Waals surface area contributed by atoms with Crippen LogP contribution in [0.2, 0.25) is 0 Å². The fourth-order valence-corrected chi connectivity index (χ4v) is 3.02. The van der Waals surface area contributed by atoms with Crippen LogP contribution in [-0.2, 0) is 4.79 Å². The maximum absolute atomic E-state index is 12.4. The molecule has 1 saturated heterocycles. The van der Waals surface area contributed by atoms with E-state index in [1.165, 1.54) is 12.1 Å². The topological polar surface area (TPSA) is 60.0 Å². The SMILES string of the molecule is CN=C(NCC(=O)N1CCN(c2ccccc2)CC1)NC1CC1C.I. The Kier molecular flexibility index (Phi) is 7.34. The molecule has 138 valence electrons. The number of hydrogen-bond acceptors (Lipinski definition) is 3. The van der Waals surface area contributed by atoms with Gasteiger partial charge < -0.3 is 20.4 Å². The fraction of sp³-hybridized carbons (Fsp3) is 0.556. The van der Waals surface area contributed by atoms with Gasteiger partial charge in [0.25, 0.3) is 0 Å². The number of piperazine rings is 1. The maximum atomic E-state index is 12.4. The van der Waals surface area contributed by atoms with Crippen LogP contribution in [0.3, 0.4) is 0 Å². The fourth-order valence-electron chi connectivity index (χ4n) is 3.02. The Balaban J connectivity index is 0.00000225. The van der Waals surface area contributed by atoms with Crippen LogP contribution in [0.25, 0.3) is 0 Å². The summed E-state index contributed by atoms with van der Waals surface area (Å²) in [6, 6.07) is 10.9. The highest BCUT2D eigenvalue weighted by molar-refractivity contribution is 14.0. The van der Waals surface area contributed by atoms with Crippen LogP contribution in [0, 0.1) is 5.92 Å². The second-order valence-electron chi connectivity index (χ2n) is 6.59. The second-order valence-corrected chi connectivity index (χ2v) is 6.59. The Morgan fingerprint density at radius 3 is 2.40 bits per heavy atom. The molecule has 1 heterocycles. The molecule has 2 atom stereocenters. The molecule has 1 amide bonds. The Bertz CT molecular complexity index is 586. The van der Waals surface area contributed by atoms with E-state index in [9.17, 15) is 4.79 Å². The lowest BCUT2D eigenvalue weighted by atomic mass is 10.2. The van der Waals surface area contributed by atoms with Crippen LogP contribution >= 0.6 is 24.0 Å². The van der Waals surface area contributed by atoms with E-state index in [1.807, 2.05) is 11.0 Å². The molecule has 25 heavy (non-hydrogen) atoms. The number of nitrogens with zero attached hydrogens (tertiary/aromatic N) is 3. The number of benzene rings is 1. The van der Waals surface area contributed by atoms with Gasteiger partial charge in [0, 0.05) is 45.0 Å². The summed E-state index contributed by atoms with van der Waals surface area (Å²) in [5, 5.41) is 6.47. The molecular weight excluding hydrogens is 429 g/mol. The van der Waals surface area contributed by atoms with Crippen LogP contribution in [-0.4, -0.2) is 62.6 Å². The first-order chi connectivity index (χ1) is 11.7. The maximum Gasteiger partial charge on any atom is 0.242 e. The first-order valence-electron chi connectivity index (χ1n) is 8.72. The van der Waals surface area contributed by atoms with Gasteiger partial charge in [-0.25, -0.2) is 0 Å². The quantitative estimate of drug-likeness (QED) is 0.409. The zero-order valence-electron chi connectivity index (χ0n) is 14.9. The highest BCUT2D eigenvalue weighted by Gasteiger charge is 2.33. The number of rotatable bonds is 4. The number of carbonyl (C=O) groups is 1. The van der Waals surface area contributed by atoms with E-state index >= 15 is 0 Å². The standard InChI is InChI=1S/C18H27N5O.HI/c1-14-12-16(14)21-18(19-2)20-13-17(24)23-10-8-22(9-11-23)15-6-4-3-5-7-15;/h3-7,14,16H,8-13H2,1-2H3,(H2,19,20,21);1H. The van der Waals surface area contributed by atoms with Gasteiger partial charge in [0.2, 0.25) is 5.91 Å². The van der Waals surface area contributed by atoms with Gasteiger partial charge in [-0.2, -0.15) is 0 Å². The molecule has 0 bridgehead atoms. The molecule has 2 N–H and O–H groups in total. The summed E-state index contributed by atoms with van der Waals surface area (Å²) in [5.74, 6) is 1.56. The van der Waals surface area contributed by atoms with Gasteiger partial charge in [-0.1, -0.05) is 25.1 Å². The van der Waals surface area contributed by atoms with Crippen molar-refractivity contribution in [3.05, 3.63) is 30.3 Å². The molecule has 1 aliphatic heterocycles. The number of anilines is 1. The molecule has 1 saturated carbocycles. The minimum atomic E-state index is 0. The van der Waals surface area contributed by atoms with Gasteiger partial charge >= 0.3 is 0 Å². The van der Waals surface area contributed by atoms with Gasteiger partial charge in [-0.15, -0.1) is 24.0 Å². The number of aliphatic imine (C=N–C) groups is 1. The van der Waals surface area contributed by atoms with Crippen molar-refractivity contribution >= 4 is 41.5 Å². The van der Waals surface area contributed by atoms with Crippen LogP contribution in [0.15, 0.2) is 35.3 Å². The Morgan fingerprint density at radius 1 is 1.20 bits per heavy atom. The zero-order chi connectivity index (χ0) is 16.9. The molecule has 0 aromatic heterocycles. The van der Waals surface area contributed by atoms with Crippen molar-refractivity contribution in [1.82, 2.24) is 15.5 Å². The predicted molar refractivity (Wildman–Crippen MR) is 113 cm³/mol. The summed E-state index contributed by atoms with van der Waals surface area (Å²) in [5.41, 5.74) is 1.23. The van der Waals surface area contributed by atoms with Crippen molar-refractivity contribution < 1.29 is 4.79 Å². The highest BCUT2D eigenvalue weighted by atomic mass is 127. The molecule has 7 heteroatoms. The van der Waals surface area contributed by atoms with Crippen molar-refractivity contribution in [3.63, 3.8) is 0 Å². The molecule has 1 aliphatic carbocycles. The number of amides is 1. The minimum absolute atomic E-state index is 0. The molecule has 1 aromatic rings. The number of para-hydroxylation sites is 1. The minimum Gasteiger partial charge on any atom is -0.368 e. The van der Waals surface area contributed by atoms with E-state index in [4.69, 9.17) is 0 Å². The van der Waals surface area contributed by atoms with E-state index in [0.717, 1.165) is 32.1 Å². The van der Waals surface area contributed by atoms with E-state index < -0.39 is 0 Å².